The number of para-hydroxylation sites is 2. The highest BCUT2D eigenvalue weighted by atomic mass is 35.5. The van der Waals surface area contributed by atoms with Gasteiger partial charge in [-0.2, -0.15) is 0 Å². The lowest BCUT2D eigenvalue weighted by Gasteiger charge is -2.30. The first-order valence-corrected chi connectivity index (χ1v) is 20.6. The lowest BCUT2D eigenvalue weighted by atomic mass is 9.91. The molecule has 4 aromatic rings. The van der Waals surface area contributed by atoms with Crippen molar-refractivity contribution in [1.82, 2.24) is 25.2 Å². The average Bonchev–Trinajstić information content (AvgIpc) is 3.81. The van der Waals surface area contributed by atoms with E-state index in [1.807, 2.05) is 12.1 Å². The van der Waals surface area contributed by atoms with Crippen LogP contribution in [0.5, 0.6) is 0 Å². The minimum absolute atomic E-state index is 0.0239. The lowest BCUT2D eigenvalue weighted by molar-refractivity contribution is -0.140. The maximum atomic E-state index is 14.4. The van der Waals surface area contributed by atoms with E-state index in [-0.39, 0.29) is 44.1 Å². The van der Waals surface area contributed by atoms with E-state index in [4.69, 9.17) is 31.9 Å². The number of oxazole rings is 1. The maximum absolute atomic E-state index is 14.4. The van der Waals surface area contributed by atoms with Crippen molar-refractivity contribution in [3.63, 3.8) is 0 Å². The fourth-order valence-corrected chi connectivity index (χ4v) is 7.99. The summed E-state index contributed by atoms with van der Waals surface area (Å²) < 4.78 is 39.7. The SMILES string of the molecule is CS(=O)(=O)N[C@H](CCC1CCNCC1)C(=O)N1C[C@H](OCc2ccc(Cl)cc2)C[C@H]1C(=O)N[C@@H](Cc1ccc(C(=N)N)cc1)C(=O)c1nc2ccccc2o1. The van der Waals surface area contributed by atoms with Crippen molar-refractivity contribution in [2.24, 2.45) is 11.7 Å². The Labute approximate surface area is 325 Å². The van der Waals surface area contributed by atoms with E-state index in [1.165, 1.54) is 4.90 Å². The molecule has 3 heterocycles. The van der Waals surface area contributed by atoms with Crippen molar-refractivity contribution in [3.8, 4) is 0 Å². The Morgan fingerprint density at radius 2 is 1.73 bits per heavy atom. The average molecular weight is 792 g/mol. The summed E-state index contributed by atoms with van der Waals surface area (Å²) in [5, 5.41) is 14.5. The van der Waals surface area contributed by atoms with Gasteiger partial charge in [-0.3, -0.25) is 19.8 Å². The number of aromatic nitrogens is 1. The van der Waals surface area contributed by atoms with Gasteiger partial charge in [-0.25, -0.2) is 18.1 Å². The zero-order chi connectivity index (χ0) is 39.1. The van der Waals surface area contributed by atoms with Crippen molar-refractivity contribution in [3.05, 3.63) is 100 Å². The summed E-state index contributed by atoms with van der Waals surface area (Å²) in [6.45, 7) is 1.92. The number of ketones is 1. The predicted octanol–water partition coefficient (Wildman–Crippen LogP) is 3.56. The quantitative estimate of drug-likeness (QED) is 0.0633. The highest BCUT2D eigenvalue weighted by Gasteiger charge is 2.44. The number of hydrogen-bond acceptors (Lipinski definition) is 10. The van der Waals surface area contributed by atoms with Crippen molar-refractivity contribution in [2.75, 3.05) is 25.9 Å². The molecule has 6 N–H and O–H groups in total. The molecule has 292 valence electrons. The molecule has 2 saturated heterocycles. The number of carbonyl (C=O) groups excluding carboxylic acids is 3. The van der Waals surface area contributed by atoms with Gasteiger partial charge in [0.2, 0.25) is 27.6 Å². The molecule has 14 nitrogen and oxygen atoms in total. The second-order valence-corrected chi connectivity index (χ2v) is 16.5. The molecule has 4 atom stereocenters. The van der Waals surface area contributed by atoms with Gasteiger partial charge in [-0.15, -0.1) is 0 Å². The van der Waals surface area contributed by atoms with Crippen LogP contribution in [-0.2, 0) is 37.4 Å². The molecule has 2 aliphatic rings. The normalized spacial score (nSPS) is 18.9. The third-order valence-corrected chi connectivity index (χ3v) is 11.0. The van der Waals surface area contributed by atoms with Crippen molar-refractivity contribution < 1.29 is 32.0 Å². The second kappa shape index (κ2) is 17.9. The van der Waals surface area contributed by atoms with Gasteiger partial charge in [0.05, 0.1) is 19.0 Å². The van der Waals surface area contributed by atoms with Gasteiger partial charge >= 0.3 is 0 Å². The Bertz CT molecular complexity index is 2070. The smallest absolute Gasteiger partial charge is 0.266 e. The Kier molecular flexibility index (Phi) is 13.0. The number of nitrogens with two attached hydrogens (primary N) is 1. The molecule has 0 radical (unpaired) electrons. The summed E-state index contributed by atoms with van der Waals surface area (Å²) in [6, 6.07) is 17.4. The molecule has 1 aromatic heterocycles. The number of Topliss-reactive ketones (excluding diaryl/α,β-unsaturated/α-hetero) is 1. The number of nitrogens with one attached hydrogen (secondary N) is 4. The summed E-state index contributed by atoms with van der Waals surface area (Å²) in [5.74, 6) is -1.71. The Morgan fingerprint density at radius 1 is 1.04 bits per heavy atom. The minimum Gasteiger partial charge on any atom is -0.434 e. The maximum Gasteiger partial charge on any atom is 0.266 e. The molecule has 55 heavy (non-hydrogen) atoms. The van der Waals surface area contributed by atoms with E-state index < -0.39 is 51.9 Å². The van der Waals surface area contributed by atoms with Crippen LogP contribution in [-0.4, -0.2) is 91.9 Å². The van der Waals surface area contributed by atoms with E-state index in [0.29, 0.717) is 39.6 Å². The molecule has 0 aliphatic carbocycles. The second-order valence-electron chi connectivity index (χ2n) is 14.2. The van der Waals surface area contributed by atoms with E-state index in [2.05, 4.69) is 20.3 Å². The number of halogens is 1. The Balaban J connectivity index is 1.27. The van der Waals surface area contributed by atoms with Crippen LogP contribution in [0.2, 0.25) is 5.02 Å². The number of sulfonamides is 1. The molecule has 0 saturated carbocycles. The topological polar surface area (TPSA) is 210 Å². The number of benzene rings is 3. The minimum atomic E-state index is -3.80. The summed E-state index contributed by atoms with van der Waals surface area (Å²) >= 11 is 6.06. The number of amidine groups is 1. The van der Waals surface area contributed by atoms with Crippen LogP contribution in [0, 0.1) is 11.3 Å². The van der Waals surface area contributed by atoms with Crippen LogP contribution in [0.1, 0.15) is 59.5 Å². The van der Waals surface area contributed by atoms with E-state index in [0.717, 1.165) is 37.8 Å². The molecule has 2 aliphatic heterocycles. The number of likely N-dealkylation sites (tertiary alicyclic amines) is 1. The number of amides is 2. The monoisotopic (exact) mass is 791 g/mol. The summed E-state index contributed by atoms with van der Waals surface area (Å²) in [4.78, 5) is 48.6. The Hall–Kier alpha value is -4.67. The molecular weight excluding hydrogens is 746 g/mol. The first-order valence-electron chi connectivity index (χ1n) is 18.3. The standard InChI is InChI=1S/C39H46ClN7O7S/c1-55(51,52)46-31(15-10-24-16-18-43-19-17-24)39(50)47-22-29(53-23-26-8-13-28(40)14-9-26)21-33(47)37(49)44-32(20-25-6-11-27(12-7-25)36(41)42)35(48)38-45-30-4-2-3-5-34(30)54-38/h2-9,11-14,24,29,31-33,43,46H,10,15-23H2,1H3,(H3,41,42)(H,44,49)/t29-,31-,32+,33+/m1/s1. The molecule has 0 spiro atoms. The van der Waals surface area contributed by atoms with Crippen molar-refractivity contribution >= 4 is 56.2 Å². The molecule has 0 unspecified atom stereocenters. The first kappa shape index (κ1) is 40.0. The molecular formula is C39H46ClN7O7S. The van der Waals surface area contributed by atoms with E-state index in [1.54, 1.807) is 60.7 Å². The molecule has 3 aromatic carbocycles. The van der Waals surface area contributed by atoms with Crippen molar-refractivity contribution in [1.29, 1.82) is 5.41 Å². The van der Waals surface area contributed by atoms with Crippen LogP contribution in [0.3, 0.4) is 0 Å². The molecule has 6 rings (SSSR count). The largest absolute Gasteiger partial charge is 0.434 e. The number of hydrogen-bond donors (Lipinski definition) is 5. The number of ether oxygens (including phenoxy) is 1. The number of nitrogen functional groups attached to an aromatic ring is 1. The Morgan fingerprint density at radius 3 is 2.40 bits per heavy atom. The number of fused-ring (bicyclic) bond motifs is 1. The molecule has 2 amide bonds. The highest BCUT2D eigenvalue weighted by molar-refractivity contribution is 7.88. The first-order chi connectivity index (χ1) is 26.3. The molecule has 0 bridgehead atoms. The summed E-state index contributed by atoms with van der Waals surface area (Å²) in [7, 11) is -3.80. The van der Waals surface area contributed by atoms with Crippen LogP contribution < -0.4 is 21.1 Å². The van der Waals surface area contributed by atoms with E-state index in [9.17, 15) is 22.8 Å². The van der Waals surface area contributed by atoms with Crippen LogP contribution in [0.15, 0.2) is 77.2 Å². The van der Waals surface area contributed by atoms with Crippen molar-refractivity contribution in [2.45, 2.75) is 69.4 Å². The van der Waals surface area contributed by atoms with Gasteiger partial charge in [-0.1, -0.05) is 60.1 Å². The number of piperidine rings is 1. The van der Waals surface area contributed by atoms with Gasteiger partial charge in [0.25, 0.3) is 5.89 Å². The molecule has 16 heteroatoms. The zero-order valence-electron chi connectivity index (χ0n) is 30.5. The van der Waals surface area contributed by atoms with Gasteiger partial charge in [0.15, 0.2) is 5.58 Å². The van der Waals surface area contributed by atoms with E-state index >= 15 is 0 Å². The van der Waals surface area contributed by atoms with Crippen LogP contribution >= 0.6 is 11.6 Å². The number of carbonyl (C=O) groups is 3. The summed E-state index contributed by atoms with van der Waals surface area (Å²) in [5.41, 5.74) is 8.53. The van der Waals surface area contributed by atoms with Gasteiger partial charge < -0.3 is 30.4 Å². The van der Waals surface area contributed by atoms with Gasteiger partial charge in [0.1, 0.15) is 29.5 Å². The zero-order valence-corrected chi connectivity index (χ0v) is 32.1. The fourth-order valence-electron chi connectivity index (χ4n) is 7.13. The summed E-state index contributed by atoms with van der Waals surface area (Å²) in [6.07, 6.45) is 3.29. The third kappa shape index (κ3) is 10.8. The van der Waals surface area contributed by atoms with Gasteiger partial charge in [0, 0.05) is 30.0 Å². The molecule has 2 fully saturated rings. The lowest BCUT2D eigenvalue weighted by Crippen LogP contribution is -2.55. The number of rotatable bonds is 16. The predicted molar refractivity (Wildman–Crippen MR) is 208 cm³/mol. The van der Waals surface area contributed by atoms with Crippen LogP contribution in [0.4, 0.5) is 0 Å². The fraction of sp³-hybridized carbons (Fsp3) is 0.410. The highest BCUT2D eigenvalue weighted by Crippen LogP contribution is 2.27. The number of nitrogens with zero attached hydrogens (tertiary/aromatic N) is 2. The van der Waals surface area contributed by atoms with Gasteiger partial charge in [-0.05, 0) is 80.1 Å². The van der Waals surface area contributed by atoms with Crippen LogP contribution in [0.25, 0.3) is 11.1 Å². The third-order valence-electron chi connectivity index (χ3n) is 10.1.